The Morgan fingerprint density at radius 1 is 1.28 bits per heavy atom. The van der Waals surface area contributed by atoms with E-state index in [0.29, 0.717) is 13.0 Å². The zero-order valence-electron chi connectivity index (χ0n) is 11.8. The number of benzene rings is 1. The Morgan fingerprint density at radius 3 is 2.28 bits per heavy atom. The van der Waals surface area contributed by atoms with Gasteiger partial charge in [0.1, 0.15) is 0 Å². The number of carbonyl (C=O) groups is 1. The van der Waals surface area contributed by atoms with Crippen LogP contribution in [0.25, 0.3) is 0 Å². The SMILES string of the molecule is CC(C)N(Cc1ccccc1)C(=O)CC(C)(C)N. The van der Waals surface area contributed by atoms with Crippen LogP contribution in [0.3, 0.4) is 0 Å². The number of rotatable bonds is 5. The highest BCUT2D eigenvalue weighted by Crippen LogP contribution is 2.13. The number of amides is 1. The van der Waals surface area contributed by atoms with Gasteiger partial charge in [0.25, 0.3) is 0 Å². The van der Waals surface area contributed by atoms with E-state index in [9.17, 15) is 4.79 Å². The van der Waals surface area contributed by atoms with E-state index in [1.54, 1.807) is 0 Å². The largest absolute Gasteiger partial charge is 0.336 e. The van der Waals surface area contributed by atoms with Gasteiger partial charge in [0, 0.05) is 24.5 Å². The van der Waals surface area contributed by atoms with Crippen LogP contribution >= 0.6 is 0 Å². The van der Waals surface area contributed by atoms with Gasteiger partial charge in [-0.3, -0.25) is 4.79 Å². The maximum Gasteiger partial charge on any atom is 0.224 e. The van der Waals surface area contributed by atoms with Crippen molar-refractivity contribution in [2.24, 2.45) is 5.73 Å². The van der Waals surface area contributed by atoms with Crippen molar-refractivity contribution in [3.8, 4) is 0 Å². The lowest BCUT2D eigenvalue weighted by molar-refractivity contribution is -0.134. The zero-order valence-corrected chi connectivity index (χ0v) is 11.8. The Kier molecular flexibility index (Phi) is 4.91. The molecule has 1 aromatic rings. The highest BCUT2D eigenvalue weighted by Gasteiger charge is 2.23. The van der Waals surface area contributed by atoms with E-state index in [2.05, 4.69) is 0 Å². The molecule has 0 unspecified atom stereocenters. The molecule has 0 aliphatic heterocycles. The molecule has 0 radical (unpaired) electrons. The first-order chi connectivity index (χ1) is 8.29. The molecule has 0 bridgehead atoms. The normalized spacial score (nSPS) is 11.7. The van der Waals surface area contributed by atoms with Crippen LogP contribution in [-0.4, -0.2) is 22.4 Å². The quantitative estimate of drug-likeness (QED) is 0.870. The summed E-state index contributed by atoms with van der Waals surface area (Å²) < 4.78 is 0. The summed E-state index contributed by atoms with van der Waals surface area (Å²) in [5.41, 5.74) is 6.61. The number of hydrogen-bond acceptors (Lipinski definition) is 2. The summed E-state index contributed by atoms with van der Waals surface area (Å²) in [5, 5.41) is 0. The van der Waals surface area contributed by atoms with Gasteiger partial charge in [-0.15, -0.1) is 0 Å². The second kappa shape index (κ2) is 6.01. The molecule has 1 amide bonds. The fraction of sp³-hybridized carbons (Fsp3) is 0.533. The minimum Gasteiger partial charge on any atom is -0.336 e. The summed E-state index contributed by atoms with van der Waals surface area (Å²) in [6.45, 7) is 8.47. The van der Waals surface area contributed by atoms with Crippen LogP contribution in [0, 0.1) is 0 Å². The third kappa shape index (κ3) is 4.88. The number of carbonyl (C=O) groups excluding carboxylic acids is 1. The lowest BCUT2D eigenvalue weighted by atomic mass is 10.0. The summed E-state index contributed by atoms with van der Waals surface area (Å²) in [5.74, 6) is 0.112. The van der Waals surface area contributed by atoms with Gasteiger partial charge >= 0.3 is 0 Å². The van der Waals surface area contributed by atoms with E-state index < -0.39 is 5.54 Å². The Balaban J connectivity index is 2.75. The van der Waals surface area contributed by atoms with Crippen LogP contribution in [-0.2, 0) is 11.3 Å². The Morgan fingerprint density at radius 2 is 1.83 bits per heavy atom. The number of hydrogen-bond donors (Lipinski definition) is 1. The van der Waals surface area contributed by atoms with E-state index in [1.807, 2.05) is 62.9 Å². The second-order valence-corrected chi connectivity index (χ2v) is 5.77. The fourth-order valence-electron chi connectivity index (χ4n) is 1.83. The fourth-order valence-corrected chi connectivity index (χ4v) is 1.83. The van der Waals surface area contributed by atoms with Crippen molar-refractivity contribution in [2.75, 3.05) is 0 Å². The molecular formula is C15H24N2O. The van der Waals surface area contributed by atoms with Crippen LogP contribution in [0.2, 0.25) is 0 Å². The Labute approximate surface area is 110 Å². The van der Waals surface area contributed by atoms with Crippen molar-refractivity contribution < 1.29 is 4.79 Å². The highest BCUT2D eigenvalue weighted by molar-refractivity contribution is 5.77. The average Bonchev–Trinajstić information content (AvgIpc) is 2.24. The summed E-state index contributed by atoms with van der Waals surface area (Å²) in [4.78, 5) is 14.1. The molecular weight excluding hydrogens is 224 g/mol. The van der Waals surface area contributed by atoms with Crippen molar-refractivity contribution in [1.82, 2.24) is 4.90 Å². The van der Waals surface area contributed by atoms with Gasteiger partial charge in [-0.05, 0) is 33.3 Å². The molecule has 0 saturated heterocycles. The number of nitrogens with two attached hydrogens (primary N) is 1. The summed E-state index contributed by atoms with van der Waals surface area (Å²) in [6.07, 6.45) is 0.373. The van der Waals surface area contributed by atoms with Crippen molar-refractivity contribution in [2.45, 2.75) is 52.2 Å². The molecule has 0 spiro atoms. The van der Waals surface area contributed by atoms with Gasteiger partial charge in [0.2, 0.25) is 5.91 Å². The van der Waals surface area contributed by atoms with Crippen molar-refractivity contribution in [1.29, 1.82) is 0 Å². The van der Waals surface area contributed by atoms with E-state index in [1.165, 1.54) is 0 Å². The first-order valence-corrected chi connectivity index (χ1v) is 6.42. The van der Waals surface area contributed by atoms with E-state index in [4.69, 9.17) is 5.73 Å². The minimum atomic E-state index is -0.457. The third-order valence-corrected chi connectivity index (χ3v) is 2.75. The highest BCUT2D eigenvalue weighted by atomic mass is 16.2. The Bertz CT molecular complexity index is 379. The zero-order chi connectivity index (χ0) is 13.8. The summed E-state index contributed by atoms with van der Waals surface area (Å²) in [6, 6.07) is 10.2. The smallest absolute Gasteiger partial charge is 0.224 e. The number of nitrogens with zero attached hydrogens (tertiary/aromatic N) is 1. The van der Waals surface area contributed by atoms with Crippen LogP contribution in [0.1, 0.15) is 39.7 Å². The summed E-state index contributed by atoms with van der Waals surface area (Å²) in [7, 11) is 0. The third-order valence-electron chi connectivity index (χ3n) is 2.75. The van der Waals surface area contributed by atoms with Crippen LogP contribution in [0.4, 0.5) is 0 Å². The van der Waals surface area contributed by atoms with Crippen molar-refractivity contribution in [3.63, 3.8) is 0 Å². The van der Waals surface area contributed by atoms with Crippen LogP contribution < -0.4 is 5.73 Å². The topological polar surface area (TPSA) is 46.3 Å². The van der Waals surface area contributed by atoms with Crippen LogP contribution in [0.5, 0.6) is 0 Å². The molecule has 1 aromatic carbocycles. The maximum atomic E-state index is 12.3. The van der Waals surface area contributed by atoms with Gasteiger partial charge in [-0.1, -0.05) is 30.3 Å². The van der Waals surface area contributed by atoms with Gasteiger partial charge in [0.05, 0.1) is 0 Å². The van der Waals surface area contributed by atoms with Gasteiger partial charge in [-0.2, -0.15) is 0 Å². The first-order valence-electron chi connectivity index (χ1n) is 6.42. The van der Waals surface area contributed by atoms with Crippen molar-refractivity contribution >= 4 is 5.91 Å². The molecule has 0 aliphatic carbocycles. The minimum absolute atomic E-state index is 0.112. The van der Waals surface area contributed by atoms with Crippen LogP contribution in [0.15, 0.2) is 30.3 Å². The molecule has 0 aromatic heterocycles. The monoisotopic (exact) mass is 248 g/mol. The van der Waals surface area contributed by atoms with Gasteiger partial charge in [0.15, 0.2) is 0 Å². The molecule has 0 fully saturated rings. The molecule has 0 aliphatic rings. The Hall–Kier alpha value is -1.35. The molecule has 3 nitrogen and oxygen atoms in total. The van der Waals surface area contributed by atoms with Gasteiger partial charge < -0.3 is 10.6 Å². The van der Waals surface area contributed by atoms with Crippen molar-refractivity contribution in [3.05, 3.63) is 35.9 Å². The molecule has 0 saturated carbocycles. The predicted molar refractivity (Wildman–Crippen MR) is 75.0 cm³/mol. The first kappa shape index (κ1) is 14.7. The van der Waals surface area contributed by atoms with E-state index in [-0.39, 0.29) is 11.9 Å². The second-order valence-electron chi connectivity index (χ2n) is 5.77. The molecule has 0 heterocycles. The molecule has 3 heteroatoms. The van der Waals surface area contributed by atoms with E-state index in [0.717, 1.165) is 5.56 Å². The standard InChI is InChI=1S/C15H24N2O/c1-12(2)17(14(18)10-15(3,4)16)11-13-8-6-5-7-9-13/h5-9,12H,10-11,16H2,1-4H3. The molecule has 18 heavy (non-hydrogen) atoms. The van der Waals surface area contributed by atoms with Gasteiger partial charge in [-0.25, -0.2) is 0 Å². The lowest BCUT2D eigenvalue weighted by Gasteiger charge is -2.30. The molecule has 2 N–H and O–H groups in total. The summed E-state index contributed by atoms with van der Waals surface area (Å²) >= 11 is 0. The lowest BCUT2D eigenvalue weighted by Crippen LogP contribution is -2.43. The molecule has 1 rings (SSSR count). The average molecular weight is 248 g/mol. The molecule has 0 atom stereocenters. The molecule has 100 valence electrons. The maximum absolute atomic E-state index is 12.3. The van der Waals surface area contributed by atoms with E-state index >= 15 is 0 Å². The predicted octanol–water partition coefficient (Wildman–Crippen LogP) is 2.55.